The fourth-order valence-corrected chi connectivity index (χ4v) is 2.37. The van der Waals surface area contributed by atoms with Crippen LogP contribution in [0.5, 0.6) is 0 Å². The second-order valence-corrected chi connectivity index (χ2v) is 6.38. The molecule has 0 aromatic heterocycles. The molecule has 1 aliphatic carbocycles. The van der Waals surface area contributed by atoms with Crippen LogP contribution in [0.2, 0.25) is 0 Å². The maximum absolute atomic E-state index is 4.29. The van der Waals surface area contributed by atoms with Crippen LogP contribution in [-0.4, -0.2) is 37.1 Å². The first kappa shape index (κ1) is 18.4. The van der Waals surface area contributed by atoms with Crippen molar-refractivity contribution in [1.29, 1.82) is 0 Å². The van der Waals surface area contributed by atoms with Crippen molar-refractivity contribution in [3.8, 4) is 0 Å². The minimum absolute atomic E-state index is 0. The van der Waals surface area contributed by atoms with Crippen LogP contribution in [0.25, 0.3) is 0 Å². The number of halogens is 1. The molecule has 1 aliphatic rings. The Hall–Kier alpha value is 0.350. The van der Waals surface area contributed by atoms with Gasteiger partial charge in [0, 0.05) is 24.9 Å². The van der Waals surface area contributed by atoms with Gasteiger partial charge >= 0.3 is 0 Å². The summed E-state index contributed by atoms with van der Waals surface area (Å²) >= 11 is 1.88. The summed E-state index contributed by atoms with van der Waals surface area (Å²) in [6.45, 7) is 5.56. The van der Waals surface area contributed by atoms with Crippen molar-refractivity contribution < 1.29 is 0 Å². The van der Waals surface area contributed by atoms with Crippen LogP contribution >= 0.6 is 35.7 Å². The molecule has 18 heavy (non-hydrogen) atoms. The van der Waals surface area contributed by atoms with Crippen LogP contribution in [0.1, 0.15) is 39.5 Å². The average molecular weight is 385 g/mol. The van der Waals surface area contributed by atoms with Crippen molar-refractivity contribution in [1.82, 2.24) is 10.6 Å². The van der Waals surface area contributed by atoms with E-state index in [-0.39, 0.29) is 24.0 Å². The van der Waals surface area contributed by atoms with E-state index in [1.165, 1.54) is 25.7 Å². The van der Waals surface area contributed by atoms with Crippen LogP contribution in [0, 0.1) is 5.92 Å². The normalized spacial score (nSPS) is 26.1. The highest BCUT2D eigenvalue weighted by molar-refractivity contribution is 14.0. The fourth-order valence-electron chi connectivity index (χ4n) is 2.12. The third-order valence-corrected chi connectivity index (χ3v) is 4.51. The Bertz CT molecular complexity index is 240. The summed E-state index contributed by atoms with van der Waals surface area (Å²) in [6.07, 6.45) is 7.39. The molecule has 0 amide bonds. The van der Waals surface area contributed by atoms with Gasteiger partial charge in [0.05, 0.1) is 0 Å². The summed E-state index contributed by atoms with van der Waals surface area (Å²) in [7, 11) is 1.85. The molecule has 0 aromatic rings. The number of hydrogen-bond donors (Lipinski definition) is 2. The van der Waals surface area contributed by atoms with Gasteiger partial charge in [0.15, 0.2) is 5.96 Å². The van der Waals surface area contributed by atoms with Gasteiger partial charge in [0.1, 0.15) is 0 Å². The number of nitrogens with one attached hydrogen (secondary N) is 2. The van der Waals surface area contributed by atoms with Crippen molar-refractivity contribution in [3.63, 3.8) is 0 Å². The molecule has 1 rings (SSSR count). The van der Waals surface area contributed by atoms with E-state index in [0.717, 1.165) is 18.4 Å². The quantitative estimate of drug-likeness (QED) is 0.444. The molecule has 0 spiro atoms. The van der Waals surface area contributed by atoms with Crippen LogP contribution in [0.4, 0.5) is 0 Å². The first-order valence-electron chi connectivity index (χ1n) is 6.65. The summed E-state index contributed by atoms with van der Waals surface area (Å²) in [6, 6.07) is 0.613. The predicted molar refractivity (Wildman–Crippen MR) is 94.3 cm³/mol. The average Bonchev–Trinajstić information content (AvgIpc) is 2.36. The molecular weight excluding hydrogens is 357 g/mol. The third-order valence-electron chi connectivity index (χ3n) is 3.54. The van der Waals surface area contributed by atoms with Gasteiger partial charge in [-0.05, 0) is 37.9 Å². The third kappa shape index (κ3) is 7.07. The lowest BCUT2D eigenvalue weighted by Crippen LogP contribution is -2.46. The molecule has 0 bridgehead atoms. The smallest absolute Gasteiger partial charge is 0.191 e. The first-order chi connectivity index (χ1) is 8.15. The van der Waals surface area contributed by atoms with E-state index in [2.05, 4.69) is 35.7 Å². The Morgan fingerprint density at radius 3 is 2.44 bits per heavy atom. The van der Waals surface area contributed by atoms with Gasteiger partial charge in [-0.15, -0.1) is 24.0 Å². The van der Waals surface area contributed by atoms with Crippen molar-refractivity contribution >= 4 is 41.7 Å². The van der Waals surface area contributed by atoms with Gasteiger partial charge in [0.25, 0.3) is 0 Å². The number of rotatable bonds is 4. The number of nitrogens with zero attached hydrogens (tertiary/aromatic N) is 1. The molecule has 0 aromatic carbocycles. The highest BCUT2D eigenvalue weighted by atomic mass is 127. The van der Waals surface area contributed by atoms with Gasteiger partial charge in [-0.2, -0.15) is 11.8 Å². The lowest BCUT2D eigenvalue weighted by Gasteiger charge is -2.28. The summed E-state index contributed by atoms with van der Waals surface area (Å²) in [4.78, 5) is 4.29. The van der Waals surface area contributed by atoms with Crippen LogP contribution in [-0.2, 0) is 0 Å². The molecule has 1 atom stereocenters. The molecule has 2 N–H and O–H groups in total. The summed E-state index contributed by atoms with van der Waals surface area (Å²) in [5, 5.41) is 7.56. The summed E-state index contributed by atoms with van der Waals surface area (Å²) < 4.78 is 0. The van der Waals surface area contributed by atoms with Crippen molar-refractivity contribution in [2.24, 2.45) is 10.9 Å². The molecule has 108 valence electrons. The van der Waals surface area contributed by atoms with E-state index in [4.69, 9.17) is 0 Å². The summed E-state index contributed by atoms with van der Waals surface area (Å²) in [5.41, 5.74) is 0. The molecular formula is C13H28IN3S. The fraction of sp³-hybridized carbons (Fsp3) is 0.923. The van der Waals surface area contributed by atoms with E-state index in [1.54, 1.807) is 0 Å². The van der Waals surface area contributed by atoms with Gasteiger partial charge < -0.3 is 10.6 Å². The zero-order valence-electron chi connectivity index (χ0n) is 12.0. The maximum atomic E-state index is 4.29. The van der Waals surface area contributed by atoms with E-state index in [1.807, 2.05) is 18.8 Å². The summed E-state index contributed by atoms with van der Waals surface area (Å²) in [5.74, 6) is 1.87. The van der Waals surface area contributed by atoms with Crippen molar-refractivity contribution in [2.75, 3.05) is 19.8 Å². The van der Waals surface area contributed by atoms with Gasteiger partial charge in [-0.3, -0.25) is 4.99 Å². The number of thioether (sulfide) groups is 1. The zero-order valence-corrected chi connectivity index (χ0v) is 15.2. The number of aliphatic imine (C=N–C) groups is 1. The van der Waals surface area contributed by atoms with Crippen molar-refractivity contribution in [2.45, 2.75) is 50.8 Å². The molecule has 1 fully saturated rings. The van der Waals surface area contributed by atoms with E-state index < -0.39 is 0 Å². The predicted octanol–water partition coefficient (Wildman–Crippen LogP) is 3.10. The maximum Gasteiger partial charge on any atom is 0.191 e. The van der Waals surface area contributed by atoms with E-state index in [9.17, 15) is 0 Å². The first-order valence-corrected chi connectivity index (χ1v) is 7.94. The van der Waals surface area contributed by atoms with Gasteiger partial charge in [0.2, 0.25) is 0 Å². The Morgan fingerprint density at radius 1 is 1.33 bits per heavy atom. The molecule has 1 saturated carbocycles. The van der Waals surface area contributed by atoms with Crippen molar-refractivity contribution in [3.05, 3.63) is 0 Å². The second kappa shape index (κ2) is 10.2. The molecule has 1 unspecified atom stereocenters. The topological polar surface area (TPSA) is 36.4 Å². The Balaban J connectivity index is 0.00000289. The Labute approximate surface area is 133 Å². The number of guanidine groups is 1. The largest absolute Gasteiger partial charge is 0.355 e. The Kier molecular flexibility index (Phi) is 10.4. The number of hydrogen-bond acceptors (Lipinski definition) is 2. The van der Waals surface area contributed by atoms with Crippen LogP contribution in [0.15, 0.2) is 4.99 Å². The SMILES string of the molecule is CN=C(NCC(C)SC)NC1CCC(C)CC1.I. The lowest BCUT2D eigenvalue weighted by molar-refractivity contribution is 0.329. The minimum atomic E-state index is 0. The molecule has 0 aliphatic heterocycles. The van der Waals surface area contributed by atoms with E-state index >= 15 is 0 Å². The molecule has 5 heteroatoms. The van der Waals surface area contributed by atoms with Crippen LogP contribution < -0.4 is 10.6 Å². The minimum Gasteiger partial charge on any atom is -0.355 e. The molecule has 0 heterocycles. The molecule has 0 saturated heterocycles. The molecule has 3 nitrogen and oxygen atoms in total. The van der Waals surface area contributed by atoms with Crippen LogP contribution in [0.3, 0.4) is 0 Å². The zero-order chi connectivity index (χ0) is 12.7. The lowest BCUT2D eigenvalue weighted by atomic mass is 9.87. The van der Waals surface area contributed by atoms with Gasteiger partial charge in [-0.25, -0.2) is 0 Å². The highest BCUT2D eigenvalue weighted by Crippen LogP contribution is 2.23. The standard InChI is InChI=1S/C13H27N3S.HI/c1-10-5-7-12(8-6-10)16-13(14-3)15-9-11(2)17-4;/h10-12H,5-9H2,1-4H3,(H2,14,15,16);1H. The van der Waals surface area contributed by atoms with Gasteiger partial charge in [-0.1, -0.05) is 13.8 Å². The van der Waals surface area contributed by atoms with E-state index in [0.29, 0.717) is 11.3 Å². The monoisotopic (exact) mass is 385 g/mol. The molecule has 0 radical (unpaired) electrons. The Morgan fingerprint density at radius 2 is 1.94 bits per heavy atom. The second-order valence-electron chi connectivity index (χ2n) is 5.10. The highest BCUT2D eigenvalue weighted by Gasteiger charge is 2.18.